The van der Waals surface area contributed by atoms with Crippen molar-refractivity contribution in [2.24, 2.45) is 0 Å². The van der Waals surface area contributed by atoms with Crippen molar-refractivity contribution in [3.63, 3.8) is 0 Å². The molecule has 1 amide bonds. The zero-order valence-corrected chi connectivity index (χ0v) is 44.1. The third-order valence-corrected chi connectivity index (χ3v) is 12.9. The number of allylic oxidation sites excluding steroid dienone is 9. The molecule has 0 aromatic rings. The minimum absolute atomic E-state index is 0.0553. The Kier molecular flexibility index (Phi) is 46.0. The number of likely N-dealkylation sites (N-methyl/N-ethyl adjacent to an activating group) is 1. The molecular formula is C56H106N2O6P+. The van der Waals surface area contributed by atoms with Crippen molar-refractivity contribution in [2.45, 2.75) is 251 Å². The first-order chi connectivity index (χ1) is 31.5. The number of hydrogen-bond donors (Lipinski definition) is 3. The van der Waals surface area contributed by atoms with Gasteiger partial charge in [0, 0.05) is 6.42 Å². The number of carbonyl (C=O) groups is 1. The Bertz CT molecular complexity index is 1240. The summed E-state index contributed by atoms with van der Waals surface area (Å²) in [5.74, 6) is -0.189. The maximum absolute atomic E-state index is 12.9. The van der Waals surface area contributed by atoms with Crippen LogP contribution in [0.25, 0.3) is 0 Å². The summed E-state index contributed by atoms with van der Waals surface area (Å²) in [7, 11) is 1.55. The molecule has 0 radical (unpaired) electrons. The molecule has 0 aliphatic rings. The molecule has 0 saturated carbocycles. The van der Waals surface area contributed by atoms with Gasteiger partial charge in [0.15, 0.2) is 0 Å². The lowest BCUT2D eigenvalue weighted by atomic mass is 10.0. The fourth-order valence-electron chi connectivity index (χ4n) is 7.65. The lowest BCUT2D eigenvalue weighted by molar-refractivity contribution is -0.870. The highest BCUT2D eigenvalue weighted by Gasteiger charge is 2.27. The topological polar surface area (TPSA) is 105 Å². The second kappa shape index (κ2) is 47.3. The highest BCUT2D eigenvalue weighted by atomic mass is 31.2. The first kappa shape index (κ1) is 63.2. The average molecular weight is 934 g/mol. The van der Waals surface area contributed by atoms with Crippen LogP contribution in [0.2, 0.25) is 0 Å². The number of phosphoric ester groups is 1. The van der Waals surface area contributed by atoms with Gasteiger partial charge in [0.25, 0.3) is 0 Å². The van der Waals surface area contributed by atoms with Gasteiger partial charge < -0.3 is 19.8 Å². The van der Waals surface area contributed by atoms with Crippen LogP contribution in [0.15, 0.2) is 60.8 Å². The SMILES string of the molecule is CCCCCC/C=C/CC/C=C/C(O)C(COP(=O)(O)OCC[N+](C)(C)C)NC(=O)CCCCCCCCCCCCCCCCCCCC/C=C\C/C=C\C/C=C\CCCCCCC. The number of nitrogens with zero attached hydrogens (tertiary/aromatic N) is 1. The van der Waals surface area contributed by atoms with Crippen LogP contribution in [-0.4, -0.2) is 73.4 Å². The number of carbonyl (C=O) groups excluding carboxylic acids is 1. The van der Waals surface area contributed by atoms with Crippen molar-refractivity contribution in [3.8, 4) is 0 Å². The van der Waals surface area contributed by atoms with Crippen LogP contribution in [0.3, 0.4) is 0 Å². The second-order valence-corrected chi connectivity index (χ2v) is 21.0. The first-order valence-electron chi connectivity index (χ1n) is 27.2. The van der Waals surface area contributed by atoms with Crippen molar-refractivity contribution < 1.29 is 32.9 Å². The van der Waals surface area contributed by atoms with Crippen LogP contribution in [-0.2, 0) is 18.4 Å². The predicted molar refractivity (Wildman–Crippen MR) is 281 cm³/mol. The van der Waals surface area contributed by atoms with Gasteiger partial charge in [0.05, 0.1) is 39.9 Å². The molecule has 0 aliphatic carbocycles. The zero-order chi connectivity index (χ0) is 47.8. The number of quaternary nitrogens is 1. The maximum atomic E-state index is 12.9. The van der Waals surface area contributed by atoms with E-state index < -0.39 is 20.0 Å². The van der Waals surface area contributed by atoms with Gasteiger partial charge >= 0.3 is 7.82 Å². The minimum atomic E-state index is -4.35. The van der Waals surface area contributed by atoms with Crippen LogP contribution in [0.5, 0.6) is 0 Å². The largest absolute Gasteiger partial charge is 0.472 e. The normalized spacial score (nSPS) is 14.5. The van der Waals surface area contributed by atoms with Crippen molar-refractivity contribution in [2.75, 3.05) is 40.9 Å². The van der Waals surface area contributed by atoms with Crippen molar-refractivity contribution in [1.29, 1.82) is 0 Å². The van der Waals surface area contributed by atoms with Gasteiger partial charge in [0.1, 0.15) is 13.2 Å². The van der Waals surface area contributed by atoms with Crippen LogP contribution >= 0.6 is 7.82 Å². The van der Waals surface area contributed by atoms with E-state index in [1.54, 1.807) is 6.08 Å². The van der Waals surface area contributed by atoms with Gasteiger partial charge in [-0.15, -0.1) is 0 Å². The second-order valence-electron chi connectivity index (χ2n) is 19.6. The van der Waals surface area contributed by atoms with Gasteiger partial charge in [-0.1, -0.05) is 222 Å². The smallest absolute Gasteiger partial charge is 0.387 e. The lowest BCUT2D eigenvalue weighted by Gasteiger charge is -2.25. The molecule has 380 valence electrons. The van der Waals surface area contributed by atoms with E-state index in [4.69, 9.17) is 9.05 Å². The van der Waals surface area contributed by atoms with Crippen LogP contribution in [0.1, 0.15) is 239 Å². The molecule has 8 nitrogen and oxygen atoms in total. The Balaban J connectivity index is 3.99. The van der Waals surface area contributed by atoms with E-state index in [1.165, 1.54) is 167 Å². The Morgan fingerprint density at radius 3 is 1.35 bits per heavy atom. The summed E-state index contributed by atoms with van der Waals surface area (Å²) < 4.78 is 23.5. The van der Waals surface area contributed by atoms with Crippen molar-refractivity contribution >= 4 is 13.7 Å². The molecule has 0 rings (SSSR count). The summed E-state index contributed by atoms with van der Waals surface area (Å²) in [5, 5.41) is 13.8. The van der Waals surface area contributed by atoms with Gasteiger partial charge in [-0.25, -0.2) is 4.57 Å². The van der Waals surface area contributed by atoms with Crippen molar-refractivity contribution in [1.82, 2.24) is 5.32 Å². The fourth-order valence-corrected chi connectivity index (χ4v) is 8.39. The third kappa shape index (κ3) is 49.9. The van der Waals surface area contributed by atoms with E-state index in [0.29, 0.717) is 17.4 Å². The van der Waals surface area contributed by atoms with Crippen LogP contribution in [0.4, 0.5) is 0 Å². The summed E-state index contributed by atoms with van der Waals surface area (Å²) in [5.41, 5.74) is 0. The molecule has 0 aliphatic heterocycles. The van der Waals surface area contributed by atoms with E-state index in [0.717, 1.165) is 51.4 Å². The number of nitrogens with one attached hydrogen (secondary N) is 1. The van der Waals surface area contributed by atoms with E-state index >= 15 is 0 Å². The van der Waals surface area contributed by atoms with Gasteiger partial charge in [-0.3, -0.25) is 13.8 Å². The lowest BCUT2D eigenvalue weighted by Crippen LogP contribution is -2.45. The molecule has 0 bridgehead atoms. The van der Waals surface area contributed by atoms with Crippen LogP contribution < -0.4 is 5.32 Å². The molecule has 65 heavy (non-hydrogen) atoms. The molecule has 3 atom stereocenters. The molecular weight excluding hydrogens is 828 g/mol. The number of unbranched alkanes of at least 4 members (excludes halogenated alkanes) is 28. The molecule has 9 heteroatoms. The zero-order valence-electron chi connectivity index (χ0n) is 43.2. The van der Waals surface area contributed by atoms with Gasteiger partial charge in [-0.2, -0.15) is 0 Å². The van der Waals surface area contributed by atoms with Gasteiger partial charge in [0.2, 0.25) is 5.91 Å². The van der Waals surface area contributed by atoms with Crippen molar-refractivity contribution in [3.05, 3.63) is 60.8 Å². The van der Waals surface area contributed by atoms with Crippen LogP contribution in [0, 0.1) is 0 Å². The Hall–Kier alpha value is -1.80. The fraction of sp³-hybridized carbons (Fsp3) is 0.804. The highest BCUT2D eigenvalue weighted by Crippen LogP contribution is 2.43. The summed E-state index contributed by atoms with van der Waals surface area (Å²) in [6, 6.07) is -0.862. The number of amides is 1. The Morgan fingerprint density at radius 2 is 0.892 bits per heavy atom. The molecule has 0 saturated heterocycles. The highest BCUT2D eigenvalue weighted by molar-refractivity contribution is 7.47. The summed E-state index contributed by atoms with van der Waals surface area (Å²) in [6.45, 7) is 4.75. The molecule has 0 spiro atoms. The third-order valence-electron chi connectivity index (χ3n) is 12.0. The quantitative estimate of drug-likeness (QED) is 0.0243. The predicted octanol–water partition coefficient (Wildman–Crippen LogP) is 16.1. The first-order valence-corrected chi connectivity index (χ1v) is 28.7. The van der Waals surface area contributed by atoms with E-state index in [-0.39, 0.29) is 19.1 Å². The monoisotopic (exact) mass is 934 g/mol. The minimum Gasteiger partial charge on any atom is -0.387 e. The maximum Gasteiger partial charge on any atom is 0.472 e. The molecule has 0 aromatic carbocycles. The van der Waals surface area contributed by atoms with E-state index in [2.05, 4.69) is 67.8 Å². The average Bonchev–Trinajstić information content (AvgIpc) is 3.26. The number of rotatable bonds is 49. The molecule has 0 aromatic heterocycles. The Morgan fingerprint density at radius 1 is 0.523 bits per heavy atom. The molecule has 0 heterocycles. The van der Waals surface area contributed by atoms with Gasteiger partial charge in [-0.05, 0) is 70.6 Å². The standard InChI is InChI=1S/C56H105N2O6P/c1-6-8-10-12-14-16-18-19-20-21-22-23-24-25-26-27-28-29-30-31-32-33-34-35-36-37-38-39-40-42-44-46-48-50-56(60)57-54(53-64-65(61,62)63-52-51-58(3,4)5)55(59)49-47-45-43-41-17-15-13-11-9-7-2/h17-19,21-22,24-25,41,47,49,54-55,59H,6-16,20,23,26-40,42-46,48,50-53H2,1-5H3,(H-,57,60,61,62)/p+1/b19-18-,22-21-,25-24-,41-17+,49-47+. The number of phosphoric acid groups is 1. The molecule has 0 fully saturated rings. The number of hydrogen-bond acceptors (Lipinski definition) is 5. The number of aliphatic hydroxyl groups excluding tert-OH is 1. The Labute approximate surface area is 402 Å². The van der Waals surface area contributed by atoms with E-state index in [9.17, 15) is 19.4 Å². The molecule has 3 unspecified atom stereocenters. The summed E-state index contributed by atoms with van der Waals surface area (Å²) in [4.78, 5) is 23.1. The summed E-state index contributed by atoms with van der Waals surface area (Å²) >= 11 is 0. The number of aliphatic hydroxyl groups is 1. The molecule has 3 N–H and O–H groups in total. The summed E-state index contributed by atoms with van der Waals surface area (Å²) in [6.07, 6.45) is 63.4. The van der Waals surface area contributed by atoms with E-state index in [1.807, 2.05) is 27.2 Å².